The van der Waals surface area contributed by atoms with Crippen molar-refractivity contribution in [1.29, 1.82) is 0 Å². The van der Waals surface area contributed by atoms with E-state index in [9.17, 15) is 4.79 Å². The number of aliphatic imine (C=N–C) groups is 1. The molecule has 1 aliphatic heterocycles. The number of nitrogens with one attached hydrogen (secondary N) is 2. The summed E-state index contributed by atoms with van der Waals surface area (Å²) in [5.74, 6) is 0.895. The van der Waals surface area contributed by atoms with Gasteiger partial charge in [0.1, 0.15) is 0 Å². The molecule has 0 spiro atoms. The number of rotatable bonds is 5. The van der Waals surface area contributed by atoms with Crippen LogP contribution >= 0.6 is 35.3 Å². The first-order valence-corrected chi connectivity index (χ1v) is 8.99. The molecule has 134 valence electrons. The van der Waals surface area contributed by atoms with Crippen LogP contribution in [0.1, 0.15) is 11.3 Å². The van der Waals surface area contributed by atoms with Crippen molar-refractivity contribution >= 4 is 52.9 Å². The van der Waals surface area contributed by atoms with Gasteiger partial charge in [0.25, 0.3) is 0 Å². The van der Waals surface area contributed by atoms with E-state index in [4.69, 9.17) is 0 Å². The summed E-state index contributed by atoms with van der Waals surface area (Å²) in [6, 6.07) is 14.1. The van der Waals surface area contributed by atoms with Crippen LogP contribution in [-0.2, 0) is 11.2 Å². The van der Waals surface area contributed by atoms with Crippen LogP contribution in [0.2, 0.25) is 0 Å². The van der Waals surface area contributed by atoms with Gasteiger partial charge in [0.15, 0.2) is 5.96 Å². The molecular weight excluding hydrogens is 447 g/mol. The van der Waals surface area contributed by atoms with Crippen molar-refractivity contribution in [2.45, 2.75) is 18.9 Å². The van der Waals surface area contributed by atoms with Gasteiger partial charge in [0.05, 0.1) is 6.04 Å². The fourth-order valence-corrected chi connectivity index (χ4v) is 3.52. The van der Waals surface area contributed by atoms with E-state index in [2.05, 4.69) is 33.1 Å². The Morgan fingerprint density at radius 1 is 1.28 bits per heavy atom. The highest BCUT2D eigenvalue weighted by molar-refractivity contribution is 14.0. The number of guanidine groups is 1. The number of amides is 1. The number of benzene rings is 1. The molecule has 25 heavy (non-hydrogen) atoms. The summed E-state index contributed by atoms with van der Waals surface area (Å²) in [6.07, 6.45) is 1.46. The number of halogens is 1. The number of hydrogen-bond donors (Lipinski definition) is 2. The molecule has 1 fully saturated rings. The van der Waals surface area contributed by atoms with Crippen LogP contribution in [0.5, 0.6) is 0 Å². The minimum absolute atomic E-state index is 0. The standard InChI is InChI=1S/C18H22N4OS.HI/c1-19-18(20-10-9-16-8-5-11-24-16)21-14-12-17(23)22(13-14)15-6-3-2-4-7-15;/h2-8,11,14H,9-10,12-13H2,1H3,(H2,19,20,21);1H. The fourth-order valence-electron chi connectivity index (χ4n) is 2.81. The average molecular weight is 470 g/mol. The summed E-state index contributed by atoms with van der Waals surface area (Å²) in [5.41, 5.74) is 0.951. The molecule has 3 rings (SSSR count). The Balaban J connectivity index is 0.00000225. The van der Waals surface area contributed by atoms with Crippen LogP contribution in [0.3, 0.4) is 0 Å². The molecule has 1 aromatic carbocycles. The molecule has 0 saturated carbocycles. The molecule has 1 amide bonds. The molecular formula is C18H23IN4OS. The number of carbonyl (C=O) groups excluding carboxylic acids is 1. The monoisotopic (exact) mass is 470 g/mol. The second-order valence-corrected chi connectivity index (χ2v) is 6.75. The topological polar surface area (TPSA) is 56.7 Å². The average Bonchev–Trinajstić information content (AvgIpc) is 3.24. The van der Waals surface area contributed by atoms with Gasteiger partial charge in [-0.2, -0.15) is 0 Å². The molecule has 2 heterocycles. The quantitative estimate of drug-likeness (QED) is 0.402. The van der Waals surface area contributed by atoms with E-state index in [0.29, 0.717) is 13.0 Å². The summed E-state index contributed by atoms with van der Waals surface area (Å²) < 4.78 is 0. The Labute approximate surface area is 169 Å². The van der Waals surface area contributed by atoms with E-state index in [0.717, 1.165) is 24.6 Å². The highest BCUT2D eigenvalue weighted by Gasteiger charge is 2.30. The fraction of sp³-hybridized carbons (Fsp3) is 0.333. The first kappa shape index (κ1) is 19.7. The van der Waals surface area contributed by atoms with E-state index in [1.165, 1.54) is 4.88 Å². The van der Waals surface area contributed by atoms with Crippen LogP contribution in [0, 0.1) is 0 Å². The Morgan fingerprint density at radius 2 is 2.08 bits per heavy atom. The molecule has 2 N–H and O–H groups in total. The van der Waals surface area contributed by atoms with Crippen molar-refractivity contribution in [1.82, 2.24) is 10.6 Å². The van der Waals surface area contributed by atoms with Crippen molar-refractivity contribution in [3.63, 3.8) is 0 Å². The summed E-state index contributed by atoms with van der Waals surface area (Å²) in [4.78, 5) is 19.7. The number of thiophene rings is 1. The number of hydrogen-bond acceptors (Lipinski definition) is 3. The largest absolute Gasteiger partial charge is 0.356 e. The molecule has 1 unspecified atom stereocenters. The molecule has 1 aliphatic rings. The van der Waals surface area contributed by atoms with Gasteiger partial charge in [-0.1, -0.05) is 24.3 Å². The van der Waals surface area contributed by atoms with Crippen LogP contribution in [-0.4, -0.2) is 38.0 Å². The Morgan fingerprint density at radius 3 is 2.76 bits per heavy atom. The summed E-state index contributed by atoms with van der Waals surface area (Å²) >= 11 is 1.76. The Hall–Kier alpha value is -1.61. The summed E-state index contributed by atoms with van der Waals surface area (Å²) in [7, 11) is 1.76. The highest BCUT2D eigenvalue weighted by atomic mass is 127. The van der Waals surface area contributed by atoms with Gasteiger partial charge in [-0.15, -0.1) is 35.3 Å². The molecule has 1 saturated heterocycles. The maximum atomic E-state index is 12.3. The molecule has 0 radical (unpaired) electrons. The molecule has 5 nitrogen and oxygen atoms in total. The van der Waals surface area contributed by atoms with Gasteiger partial charge in [0, 0.05) is 37.1 Å². The van der Waals surface area contributed by atoms with Crippen molar-refractivity contribution in [3.05, 3.63) is 52.7 Å². The lowest BCUT2D eigenvalue weighted by molar-refractivity contribution is -0.117. The Kier molecular flexibility index (Phi) is 7.70. The number of anilines is 1. The Bertz CT molecular complexity index is 690. The van der Waals surface area contributed by atoms with E-state index in [-0.39, 0.29) is 35.9 Å². The minimum atomic E-state index is 0. The molecule has 7 heteroatoms. The first-order valence-electron chi connectivity index (χ1n) is 8.11. The van der Waals surface area contributed by atoms with Crippen molar-refractivity contribution in [2.24, 2.45) is 4.99 Å². The van der Waals surface area contributed by atoms with E-state index < -0.39 is 0 Å². The zero-order chi connectivity index (χ0) is 16.8. The lowest BCUT2D eigenvalue weighted by Gasteiger charge is -2.19. The van der Waals surface area contributed by atoms with Gasteiger partial charge in [0.2, 0.25) is 5.91 Å². The van der Waals surface area contributed by atoms with Gasteiger partial charge in [-0.3, -0.25) is 9.79 Å². The SMILES string of the molecule is CN=C(NCCc1cccs1)NC1CC(=O)N(c2ccccc2)C1.I. The van der Waals surface area contributed by atoms with E-state index >= 15 is 0 Å². The van der Waals surface area contributed by atoms with Crippen molar-refractivity contribution in [3.8, 4) is 0 Å². The zero-order valence-corrected chi connectivity index (χ0v) is 17.3. The normalized spacial score (nSPS) is 17.3. The summed E-state index contributed by atoms with van der Waals surface area (Å²) in [6.45, 7) is 1.48. The summed E-state index contributed by atoms with van der Waals surface area (Å²) in [5, 5.41) is 8.76. The maximum absolute atomic E-state index is 12.3. The first-order chi connectivity index (χ1) is 11.8. The second-order valence-electron chi connectivity index (χ2n) is 5.71. The third kappa shape index (κ3) is 5.43. The molecule has 2 aromatic rings. The van der Waals surface area contributed by atoms with Crippen molar-refractivity contribution in [2.75, 3.05) is 25.0 Å². The molecule has 1 atom stereocenters. The predicted octanol–water partition coefficient (Wildman–Crippen LogP) is 2.88. The van der Waals surface area contributed by atoms with Gasteiger partial charge in [-0.25, -0.2) is 0 Å². The van der Waals surface area contributed by atoms with E-state index in [1.54, 1.807) is 18.4 Å². The number of carbonyl (C=O) groups is 1. The smallest absolute Gasteiger partial charge is 0.229 e. The predicted molar refractivity (Wildman–Crippen MR) is 115 cm³/mol. The number of para-hydroxylation sites is 1. The molecule has 0 bridgehead atoms. The van der Waals surface area contributed by atoms with Crippen LogP contribution < -0.4 is 15.5 Å². The lowest BCUT2D eigenvalue weighted by atomic mass is 10.2. The van der Waals surface area contributed by atoms with Gasteiger partial charge >= 0.3 is 0 Å². The molecule has 1 aromatic heterocycles. The third-order valence-corrected chi connectivity index (χ3v) is 4.94. The van der Waals surface area contributed by atoms with Gasteiger partial charge < -0.3 is 15.5 Å². The third-order valence-electron chi connectivity index (χ3n) is 4.00. The highest BCUT2D eigenvalue weighted by Crippen LogP contribution is 2.20. The van der Waals surface area contributed by atoms with Gasteiger partial charge in [-0.05, 0) is 30.0 Å². The van der Waals surface area contributed by atoms with Crippen LogP contribution in [0.15, 0.2) is 52.8 Å². The number of nitrogens with zero attached hydrogens (tertiary/aromatic N) is 2. The van der Waals surface area contributed by atoms with Crippen molar-refractivity contribution < 1.29 is 4.79 Å². The van der Waals surface area contributed by atoms with Crippen LogP contribution in [0.25, 0.3) is 0 Å². The minimum Gasteiger partial charge on any atom is -0.356 e. The second kappa shape index (κ2) is 9.76. The maximum Gasteiger partial charge on any atom is 0.229 e. The van der Waals surface area contributed by atoms with Crippen LogP contribution in [0.4, 0.5) is 5.69 Å². The lowest BCUT2D eigenvalue weighted by Crippen LogP contribution is -2.45. The molecule has 0 aliphatic carbocycles. The zero-order valence-electron chi connectivity index (χ0n) is 14.1. The van der Waals surface area contributed by atoms with E-state index in [1.807, 2.05) is 35.2 Å².